The fourth-order valence-electron chi connectivity index (χ4n) is 1.92. The minimum atomic E-state index is -0.992. The van der Waals surface area contributed by atoms with Gasteiger partial charge in [0.2, 0.25) is 0 Å². The highest BCUT2D eigenvalue weighted by Crippen LogP contribution is 2.36. The van der Waals surface area contributed by atoms with E-state index in [1.807, 2.05) is 0 Å². The maximum absolute atomic E-state index is 11.9. The van der Waals surface area contributed by atoms with Crippen molar-refractivity contribution in [3.63, 3.8) is 0 Å². The van der Waals surface area contributed by atoms with Crippen LogP contribution in [0, 0.1) is 0 Å². The second-order valence-corrected chi connectivity index (χ2v) is 5.24. The van der Waals surface area contributed by atoms with E-state index >= 15 is 0 Å². The number of methoxy groups -OCH3 is 2. The molecule has 0 heterocycles. The zero-order chi connectivity index (χ0) is 15.5. The standard InChI is InChI=1S/C14H17ClO5/c1-14(2,13(18)20-4)9-7-10(15)8(6-12(16)17)5-11(9)19-3/h5,7H,6H2,1-4H3,(H,16,17). The normalized spacial score (nSPS) is 11.1. The first-order valence-corrected chi connectivity index (χ1v) is 6.29. The number of carboxylic acids is 1. The summed E-state index contributed by atoms with van der Waals surface area (Å²) in [6.07, 6.45) is -0.214. The Morgan fingerprint density at radius 3 is 2.35 bits per heavy atom. The molecule has 0 spiro atoms. The summed E-state index contributed by atoms with van der Waals surface area (Å²) in [5.74, 6) is -1.02. The van der Waals surface area contributed by atoms with Crippen molar-refractivity contribution in [3.8, 4) is 5.75 Å². The Morgan fingerprint density at radius 1 is 1.30 bits per heavy atom. The number of aliphatic carboxylic acids is 1. The van der Waals surface area contributed by atoms with Crippen LogP contribution in [0.4, 0.5) is 0 Å². The van der Waals surface area contributed by atoms with E-state index in [1.54, 1.807) is 19.9 Å². The van der Waals surface area contributed by atoms with E-state index in [0.717, 1.165) is 0 Å². The first-order chi connectivity index (χ1) is 9.23. The fraction of sp³-hybridized carbons (Fsp3) is 0.429. The van der Waals surface area contributed by atoms with Gasteiger partial charge in [-0.1, -0.05) is 11.6 Å². The first kappa shape index (κ1) is 16.3. The van der Waals surface area contributed by atoms with Crippen molar-refractivity contribution < 1.29 is 24.2 Å². The molecule has 5 nitrogen and oxygen atoms in total. The van der Waals surface area contributed by atoms with Crippen molar-refractivity contribution in [1.29, 1.82) is 0 Å². The van der Waals surface area contributed by atoms with E-state index in [9.17, 15) is 9.59 Å². The molecule has 1 N–H and O–H groups in total. The monoisotopic (exact) mass is 300 g/mol. The molecule has 20 heavy (non-hydrogen) atoms. The molecule has 0 saturated heterocycles. The highest BCUT2D eigenvalue weighted by atomic mass is 35.5. The van der Waals surface area contributed by atoms with E-state index in [1.165, 1.54) is 20.3 Å². The van der Waals surface area contributed by atoms with Gasteiger partial charge < -0.3 is 14.6 Å². The highest BCUT2D eigenvalue weighted by molar-refractivity contribution is 6.31. The van der Waals surface area contributed by atoms with Crippen LogP contribution >= 0.6 is 11.6 Å². The van der Waals surface area contributed by atoms with Crippen LogP contribution in [0.25, 0.3) is 0 Å². The molecule has 0 atom stereocenters. The fourth-order valence-corrected chi connectivity index (χ4v) is 2.15. The lowest BCUT2D eigenvalue weighted by Crippen LogP contribution is -2.30. The van der Waals surface area contributed by atoms with Gasteiger partial charge in [0.15, 0.2) is 0 Å². The second kappa shape index (κ2) is 6.13. The molecule has 0 aliphatic rings. The van der Waals surface area contributed by atoms with E-state index in [-0.39, 0.29) is 11.4 Å². The van der Waals surface area contributed by atoms with Crippen LogP contribution in [0.2, 0.25) is 5.02 Å². The van der Waals surface area contributed by atoms with Gasteiger partial charge in [-0.15, -0.1) is 0 Å². The molecule has 0 aromatic heterocycles. The van der Waals surface area contributed by atoms with E-state index in [2.05, 4.69) is 0 Å². The average molecular weight is 301 g/mol. The summed E-state index contributed by atoms with van der Waals surface area (Å²) >= 11 is 6.09. The predicted octanol–water partition coefficient (Wildman–Crippen LogP) is 2.43. The molecule has 0 aliphatic carbocycles. The molecule has 1 aromatic rings. The molecule has 0 unspecified atom stereocenters. The van der Waals surface area contributed by atoms with E-state index in [0.29, 0.717) is 16.9 Å². The van der Waals surface area contributed by atoms with Crippen LogP contribution in [0.5, 0.6) is 5.75 Å². The number of carboxylic acid groups (broad SMARTS) is 1. The zero-order valence-electron chi connectivity index (χ0n) is 11.8. The second-order valence-electron chi connectivity index (χ2n) is 4.83. The van der Waals surface area contributed by atoms with E-state index < -0.39 is 17.4 Å². The number of benzene rings is 1. The van der Waals surface area contributed by atoms with Crippen molar-refractivity contribution in [2.75, 3.05) is 14.2 Å². The molecular formula is C14H17ClO5. The Hall–Kier alpha value is -1.75. The number of rotatable bonds is 5. The number of carbonyl (C=O) groups excluding carboxylic acids is 1. The van der Waals surface area contributed by atoms with Gasteiger partial charge in [0.05, 0.1) is 26.1 Å². The van der Waals surface area contributed by atoms with Crippen molar-refractivity contribution in [2.24, 2.45) is 0 Å². The quantitative estimate of drug-likeness (QED) is 0.846. The molecule has 0 radical (unpaired) electrons. The van der Waals surface area contributed by atoms with Gasteiger partial charge in [0.25, 0.3) is 0 Å². The van der Waals surface area contributed by atoms with Gasteiger partial charge in [-0.3, -0.25) is 9.59 Å². The minimum Gasteiger partial charge on any atom is -0.496 e. The smallest absolute Gasteiger partial charge is 0.315 e. The number of esters is 1. The topological polar surface area (TPSA) is 72.8 Å². The summed E-state index contributed by atoms with van der Waals surface area (Å²) in [5.41, 5.74) is 0.0253. The van der Waals surface area contributed by atoms with E-state index in [4.69, 9.17) is 26.2 Å². The summed E-state index contributed by atoms with van der Waals surface area (Å²) in [6, 6.07) is 3.09. The zero-order valence-corrected chi connectivity index (χ0v) is 12.6. The minimum absolute atomic E-state index is 0.214. The molecule has 0 amide bonds. The lowest BCUT2D eigenvalue weighted by Gasteiger charge is -2.25. The Kier molecular flexibility index (Phi) is 5.00. The van der Waals surface area contributed by atoms with Gasteiger partial charge in [0, 0.05) is 10.6 Å². The van der Waals surface area contributed by atoms with Gasteiger partial charge in [-0.2, -0.15) is 0 Å². The van der Waals surface area contributed by atoms with Gasteiger partial charge >= 0.3 is 11.9 Å². The van der Waals surface area contributed by atoms with Gasteiger partial charge in [-0.25, -0.2) is 0 Å². The first-order valence-electron chi connectivity index (χ1n) is 5.91. The van der Waals surface area contributed by atoms with Crippen LogP contribution in [0.3, 0.4) is 0 Å². The number of ether oxygens (including phenoxy) is 2. The van der Waals surface area contributed by atoms with Crippen LogP contribution in [-0.2, 0) is 26.2 Å². The highest BCUT2D eigenvalue weighted by Gasteiger charge is 2.34. The van der Waals surface area contributed by atoms with Gasteiger partial charge in [0.1, 0.15) is 5.75 Å². The number of halogens is 1. The molecule has 0 fully saturated rings. The van der Waals surface area contributed by atoms with Crippen LogP contribution < -0.4 is 4.74 Å². The molecule has 110 valence electrons. The molecule has 1 aromatic carbocycles. The van der Waals surface area contributed by atoms with Crippen LogP contribution in [0.1, 0.15) is 25.0 Å². The van der Waals surface area contributed by atoms with Crippen LogP contribution in [-0.4, -0.2) is 31.3 Å². The van der Waals surface area contributed by atoms with Crippen LogP contribution in [0.15, 0.2) is 12.1 Å². The average Bonchev–Trinajstić information content (AvgIpc) is 2.38. The third kappa shape index (κ3) is 3.22. The number of hydrogen-bond acceptors (Lipinski definition) is 4. The Labute approximate surface area is 122 Å². The Morgan fingerprint density at radius 2 is 1.90 bits per heavy atom. The lowest BCUT2D eigenvalue weighted by molar-refractivity contribution is -0.146. The predicted molar refractivity (Wildman–Crippen MR) is 74.4 cm³/mol. The van der Waals surface area contributed by atoms with Gasteiger partial charge in [-0.05, 0) is 31.5 Å². The third-order valence-corrected chi connectivity index (χ3v) is 3.43. The molecule has 0 aliphatic heterocycles. The summed E-state index contributed by atoms with van der Waals surface area (Å²) in [4.78, 5) is 22.6. The summed E-state index contributed by atoms with van der Waals surface area (Å²) in [5, 5.41) is 9.11. The van der Waals surface area contributed by atoms with Crippen molar-refractivity contribution >= 4 is 23.5 Å². The van der Waals surface area contributed by atoms with Crippen molar-refractivity contribution in [3.05, 3.63) is 28.3 Å². The largest absolute Gasteiger partial charge is 0.496 e. The number of carbonyl (C=O) groups is 2. The molecule has 6 heteroatoms. The summed E-state index contributed by atoms with van der Waals surface area (Å²) < 4.78 is 10.0. The number of hydrogen-bond donors (Lipinski definition) is 1. The van der Waals surface area contributed by atoms with Crippen molar-refractivity contribution in [2.45, 2.75) is 25.7 Å². The molecular weight excluding hydrogens is 284 g/mol. The lowest BCUT2D eigenvalue weighted by atomic mass is 9.83. The van der Waals surface area contributed by atoms with Crippen molar-refractivity contribution in [1.82, 2.24) is 0 Å². The maximum Gasteiger partial charge on any atom is 0.315 e. The Balaban J connectivity index is 3.38. The Bertz CT molecular complexity index is 537. The molecule has 0 saturated carbocycles. The molecule has 0 bridgehead atoms. The molecule has 1 rings (SSSR count). The maximum atomic E-state index is 11.9. The SMILES string of the molecule is COC(=O)C(C)(C)c1cc(Cl)c(CC(=O)O)cc1OC. The summed E-state index contributed by atoms with van der Waals surface area (Å²) in [6.45, 7) is 3.37. The third-order valence-electron chi connectivity index (χ3n) is 3.08. The summed E-state index contributed by atoms with van der Waals surface area (Å²) in [7, 11) is 2.75.